The number of carbonyl (C=O) groups excluding carboxylic acids is 1. The van der Waals surface area contributed by atoms with Crippen molar-refractivity contribution in [1.82, 2.24) is 25.0 Å². The summed E-state index contributed by atoms with van der Waals surface area (Å²) in [7, 11) is 0. The Balaban J connectivity index is 1.10. The molecule has 32 heavy (non-hydrogen) atoms. The van der Waals surface area contributed by atoms with Crippen LogP contribution in [0, 0.1) is 0 Å². The van der Waals surface area contributed by atoms with E-state index in [1.54, 1.807) is 29.2 Å². The van der Waals surface area contributed by atoms with Crippen molar-refractivity contribution in [1.29, 1.82) is 0 Å². The molecule has 3 aromatic heterocycles. The van der Waals surface area contributed by atoms with E-state index >= 15 is 0 Å². The molecule has 4 rings (SSSR count). The highest BCUT2D eigenvalue weighted by Gasteiger charge is 2.05. The number of amides is 1. The summed E-state index contributed by atoms with van der Waals surface area (Å²) in [5.74, 6) is 0.0703. The van der Waals surface area contributed by atoms with Gasteiger partial charge in [0.05, 0.1) is 29.3 Å². The number of hydrogen-bond donors (Lipinski definition) is 1. The van der Waals surface area contributed by atoms with Gasteiger partial charge < -0.3 is 5.32 Å². The van der Waals surface area contributed by atoms with Gasteiger partial charge in [-0.05, 0) is 43.5 Å². The first-order valence-corrected chi connectivity index (χ1v) is 11.2. The number of rotatable bonds is 11. The van der Waals surface area contributed by atoms with E-state index in [0.717, 1.165) is 66.5 Å². The average Bonchev–Trinajstić information content (AvgIpc) is 3.30. The first-order chi connectivity index (χ1) is 15.8. The first kappa shape index (κ1) is 21.6. The molecule has 0 aliphatic rings. The standard InChI is InChI=1S/C25H28N6O/c32-25(28-21-13-15-26-16-14-21)12-6-4-2-1-3-5-10-22-19-31(30-29-22)23-17-20-9-7-8-11-24(20)27-18-23/h7-9,11,13-19H,1-6,10,12H2,(H,26,28,32). The van der Waals surface area contributed by atoms with Gasteiger partial charge in [-0.3, -0.25) is 14.8 Å². The van der Waals surface area contributed by atoms with Crippen LogP contribution in [0.25, 0.3) is 16.6 Å². The fourth-order valence-corrected chi connectivity index (χ4v) is 3.68. The molecule has 7 nitrogen and oxygen atoms in total. The number of aryl methyl sites for hydroxylation is 1. The second-order valence-corrected chi connectivity index (χ2v) is 7.95. The number of pyridine rings is 2. The van der Waals surface area contributed by atoms with Gasteiger partial charge in [-0.2, -0.15) is 0 Å². The molecule has 0 atom stereocenters. The van der Waals surface area contributed by atoms with Crippen molar-refractivity contribution in [2.75, 3.05) is 5.32 Å². The van der Waals surface area contributed by atoms with Gasteiger partial charge in [0.15, 0.2) is 0 Å². The zero-order chi connectivity index (χ0) is 22.0. The molecule has 4 aromatic rings. The van der Waals surface area contributed by atoms with Crippen LogP contribution in [0.5, 0.6) is 0 Å². The summed E-state index contributed by atoms with van der Waals surface area (Å²) in [6, 6.07) is 13.7. The molecule has 7 heteroatoms. The molecular formula is C25H28N6O. The van der Waals surface area contributed by atoms with Gasteiger partial charge >= 0.3 is 0 Å². The Kier molecular flexibility index (Phi) is 7.52. The third kappa shape index (κ3) is 6.20. The molecule has 0 saturated carbocycles. The molecule has 0 fully saturated rings. The Morgan fingerprint density at radius 3 is 2.59 bits per heavy atom. The van der Waals surface area contributed by atoms with Crippen LogP contribution >= 0.6 is 0 Å². The lowest BCUT2D eigenvalue weighted by Crippen LogP contribution is -2.10. The molecule has 0 aliphatic carbocycles. The van der Waals surface area contributed by atoms with E-state index in [1.807, 2.05) is 30.6 Å². The predicted molar refractivity (Wildman–Crippen MR) is 126 cm³/mol. The highest BCUT2D eigenvalue weighted by atomic mass is 16.1. The van der Waals surface area contributed by atoms with Crippen LogP contribution in [0.1, 0.15) is 50.6 Å². The van der Waals surface area contributed by atoms with Crippen molar-refractivity contribution in [2.45, 2.75) is 51.4 Å². The summed E-state index contributed by atoms with van der Waals surface area (Å²) in [5, 5.41) is 12.6. The van der Waals surface area contributed by atoms with E-state index in [2.05, 4.69) is 37.7 Å². The van der Waals surface area contributed by atoms with E-state index < -0.39 is 0 Å². The van der Waals surface area contributed by atoms with Gasteiger partial charge in [0, 0.05) is 29.9 Å². The van der Waals surface area contributed by atoms with Gasteiger partial charge in [0.1, 0.15) is 0 Å². The number of nitrogens with zero attached hydrogens (tertiary/aromatic N) is 5. The van der Waals surface area contributed by atoms with Crippen molar-refractivity contribution in [3.8, 4) is 5.69 Å². The molecule has 1 N–H and O–H groups in total. The number of carbonyl (C=O) groups is 1. The van der Waals surface area contributed by atoms with Crippen LogP contribution in [0.3, 0.4) is 0 Å². The van der Waals surface area contributed by atoms with Crippen LogP contribution in [0.4, 0.5) is 5.69 Å². The molecule has 0 spiro atoms. The van der Waals surface area contributed by atoms with Crippen molar-refractivity contribution in [3.63, 3.8) is 0 Å². The number of nitrogens with one attached hydrogen (secondary N) is 1. The number of hydrogen-bond acceptors (Lipinski definition) is 5. The number of benzene rings is 1. The maximum Gasteiger partial charge on any atom is 0.224 e. The van der Waals surface area contributed by atoms with Gasteiger partial charge in [-0.25, -0.2) is 4.68 Å². The molecular weight excluding hydrogens is 400 g/mol. The van der Waals surface area contributed by atoms with Crippen LogP contribution in [-0.2, 0) is 11.2 Å². The molecule has 0 unspecified atom stereocenters. The van der Waals surface area contributed by atoms with Crippen molar-refractivity contribution in [2.24, 2.45) is 0 Å². The smallest absolute Gasteiger partial charge is 0.224 e. The monoisotopic (exact) mass is 428 g/mol. The highest BCUT2D eigenvalue weighted by molar-refractivity contribution is 5.90. The summed E-state index contributed by atoms with van der Waals surface area (Å²) in [6.07, 6.45) is 15.3. The maximum atomic E-state index is 11.9. The summed E-state index contributed by atoms with van der Waals surface area (Å²) >= 11 is 0. The minimum absolute atomic E-state index is 0.0703. The molecule has 0 aliphatic heterocycles. The molecule has 0 radical (unpaired) electrons. The zero-order valence-electron chi connectivity index (χ0n) is 18.2. The molecule has 0 saturated heterocycles. The largest absolute Gasteiger partial charge is 0.326 e. The first-order valence-electron chi connectivity index (χ1n) is 11.2. The van der Waals surface area contributed by atoms with Crippen molar-refractivity contribution >= 4 is 22.5 Å². The number of anilines is 1. The molecule has 164 valence electrons. The number of unbranched alkanes of at least 4 members (excludes halogenated alkanes) is 5. The Hall–Kier alpha value is -3.61. The summed E-state index contributed by atoms with van der Waals surface area (Å²) in [4.78, 5) is 20.4. The second-order valence-electron chi connectivity index (χ2n) is 7.95. The topological polar surface area (TPSA) is 85.6 Å². The average molecular weight is 429 g/mol. The Morgan fingerprint density at radius 2 is 1.72 bits per heavy atom. The third-order valence-corrected chi connectivity index (χ3v) is 5.43. The number of aromatic nitrogens is 5. The quantitative estimate of drug-likeness (QED) is 0.335. The lowest BCUT2D eigenvalue weighted by atomic mass is 10.1. The Bertz CT molecular complexity index is 1140. The predicted octanol–water partition coefficient (Wildman–Crippen LogP) is 5.12. The van der Waals surface area contributed by atoms with Gasteiger partial charge in [0.2, 0.25) is 5.91 Å². The lowest BCUT2D eigenvalue weighted by molar-refractivity contribution is -0.116. The molecule has 0 bridgehead atoms. The zero-order valence-corrected chi connectivity index (χ0v) is 18.2. The van der Waals surface area contributed by atoms with Gasteiger partial charge in [-0.15, -0.1) is 5.10 Å². The van der Waals surface area contributed by atoms with E-state index in [1.165, 1.54) is 6.42 Å². The number of para-hydroxylation sites is 1. The van der Waals surface area contributed by atoms with E-state index in [4.69, 9.17) is 0 Å². The van der Waals surface area contributed by atoms with Gasteiger partial charge in [-0.1, -0.05) is 49.1 Å². The SMILES string of the molecule is O=C(CCCCCCCCc1cn(-c2cnc3ccccc3c2)nn1)Nc1ccncc1. The molecule has 3 heterocycles. The maximum absolute atomic E-state index is 11.9. The normalized spacial score (nSPS) is 11.0. The number of fused-ring (bicyclic) bond motifs is 1. The van der Waals surface area contributed by atoms with Crippen LogP contribution in [0.15, 0.2) is 67.3 Å². The van der Waals surface area contributed by atoms with Crippen LogP contribution in [-0.4, -0.2) is 30.9 Å². The van der Waals surface area contributed by atoms with E-state index in [0.29, 0.717) is 6.42 Å². The summed E-state index contributed by atoms with van der Waals surface area (Å²) < 4.78 is 1.80. The Morgan fingerprint density at radius 1 is 0.938 bits per heavy atom. The van der Waals surface area contributed by atoms with E-state index in [9.17, 15) is 4.79 Å². The second kappa shape index (κ2) is 11.1. The van der Waals surface area contributed by atoms with Gasteiger partial charge in [0.25, 0.3) is 0 Å². The lowest BCUT2D eigenvalue weighted by Gasteiger charge is -2.04. The molecule has 1 aromatic carbocycles. The summed E-state index contributed by atoms with van der Waals surface area (Å²) in [5.41, 5.74) is 3.71. The Labute approximate surface area is 187 Å². The minimum Gasteiger partial charge on any atom is -0.326 e. The van der Waals surface area contributed by atoms with Crippen molar-refractivity contribution < 1.29 is 4.79 Å². The fraction of sp³-hybridized carbons (Fsp3) is 0.320. The van der Waals surface area contributed by atoms with Crippen molar-refractivity contribution in [3.05, 3.63) is 72.9 Å². The highest BCUT2D eigenvalue weighted by Crippen LogP contribution is 2.16. The van der Waals surface area contributed by atoms with E-state index in [-0.39, 0.29) is 5.91 Å². The fourth-order valence-electron chi connectivity index (χ4n) is 3.68. The van der Waals surface area contributed by atoms with Crippen LogP contribution in [0.2, 0.25) is 0 Å². The van der Waals surface area contributed by atoms with Crippen LogP contribution < -0.4 is 5.32 Å². The minimum atomic E-state index is 0.0703. The molecule has 1 amide bonds. The summed E-state index contributed by atoms with van der Waals surface area (Å²) in [6.45, 7) is 0. The third-order valence-electron chi connectivity index (χ3n) is 5.43.